The number of imide groups is 1. The molecule has 1 atom stereocenters. The van der Waals surface area contributed by atoms with Crippen molar-refractivity contribution < 1.29 is 28.1 Å². The summed E-state index contributed by atoms with van der Waals surface area (Å²) >= 11 is 6.32. The summed E-state index contributed by atoms with van der Waals surface area (Å²) in [6, 6.07) is 18.0. The largest absolute Gasteiger partial charge is 0.494 e. The number of thiol groups is 1. The first-order valence-electron chi connectivity index (χ1n) is 20.0. The van der Waals surface area contributed by atoms with E-state index in [-0.39, 0.29) is 60.9 Å². The van der Waals surface area contributed by atoms with Gasteiger partial charge in [-0.2, -0.15) is 4.98 Å². The quantitative estimate of drug-likeness (QED) is 0.0952. The second-order valence-corrected chi connectivity index (χ2v) is 16.9. The highest BCUT2D eigenvalue weighted by molar-refractivity contribution is 7.67. The average molecular weight is 855 g/mol. The van der Waals surface area contributed by atoms with Crippen molar-refractivity contribution in [2.75, 3.05) is 72.0 Å². The van der Waals surface area contributed by atoms with Crippen molar-refractivity contribution in [2.45, 2.75) is 51.1 Å². The van der Waals surface area contributed by atoms with Gasteiger partial charge in [0.2, 0.25) is 23.7 Å². The monoisotopic (exact) mass is 854 g/mol. The van der Waals surface area contributed by atoms with Crippen LogP contribution in [0.15, 0.2) is 66.9 Å². The zero-order valence-corrected chi connectivity index (χ0v) is 35.0. The number of aromatic nitrogens is 2. The van der Waals surface area contributed by atoms with E-state index < -0.39 is 11.9 Å². The van der Waals surface area contributed by atoms with Gasteiger partial charge in [0.25, 0.3) is 5.91 Å². The fourth-order valence-electron chi connectivity index (χ4n) is 8.67. The maximum atomic E-state index is 13.3. The Labute approximate surface area is 356 Å². The molecule has 5 heterocycles. The van der Waals surface area contributed by atoms with Crippen LogP contribution in [0.2, 0.25) is 5.02 Å². The van der Waals surface area contributed by atoms with Gasteiger partial charge in [0.05, 0.1) is 36.9 Å². The molecule has 0 bridgehead atoms. The standard InChI is InChI=1S/C42H47ClN10O6S/c1-50(60-58)33-9-4-3-7-31(33)46-38-29(43)23-44-41(49-38)47-32-11-10-26(22-35(32)59-2)52-20-16-42(17-21-52)14-18-51(19-15-42)25-37(55)45-30-8-5-6-27-28(30)24-53(40(27)57)34-12-13-36(54)48-39(34)56/h3-11,22-23,34,60H,12-21,24-25H2,1-2H3,(H,45,55)(H,48,54,56)(H2,44,46,47,49). The molecule has 4 amide bonds. The summed E-state index contributed by atoms with van der Waals surface area (Å²) in [5, 5.41) is 12.2. The fourth-order valence-corrected chi connectivity index (χ4v) is 9.07. The minimum Gasteiger partial charge on any atom is -0.494 e. The van der Waals surface area contributed by atoms with Crippen molar-refractivity contribution >= 4 is 87.3 Å². The van der Waals surface area contributed by atoms with E-state index in [1.807, 2.05) is 36.4 Å². The summed E-state index contributed by atoms with van der Waals surface area (Å²) in [4.78, 5) is 65.8. The lowest BCUT2D eigenvalue weighted by atomic mass is 9.71. The van der Waals surface area contributed by atoms with E-state index >= 15 is 0 Å². The molecule has 1 spiro atoms. The van der Waals surface area contributed by atoms with Crippen LogP contribution in [0.3, 0.4) is 0 Å². The molecule has 16 nitrogen and oxygen atoms in total. The van der Waals surface area contributed by atoms with Crippen molar-refractivity contribution in [1.82, 2.24) is 25.1 Å². The van der Waals surface area contributed by atoms with Crippen molar-refractivity contribution in [1.29, 1.82) is 0 Å². The Balaban J connectivity index is 0.832. The van der Waals surface area contributed by atoms with Crippen LogP contribution in [-0.4, -0.2) is 101 Å². The number of methoxy groups -OCH3 is 1. The van der Waals surface area contributed by atoms with Gasteiger partial charge in [0.1, 0.15) is 28.7 Å². The number of para-hydroxylation sites is 2. The smallest absolute Gasteiger partial charge is 0.255 e. The number of ether oxygens (including phenoxy) is 1. The number of carbonyl (C=O) groups excluding carboxylic acids is 4. The predicted octanol–water partition coefficient (Wildman–Crippen LogP) is 5.00. The number of likely N-dealkylation sites (tertiary alicyclic amines) is 1. The number of benzene rings is 3. The molecular formula is C42H47ClN10O6S. The van der Waals surface area contributed by atoms with Crippen LogP contribution >= 0.6 is 11.6 Å². The Hall–Kier alpha value is -5.78. The molecule has 3 fully saturated rings. The van der Waals surface area contributed by atoms with E-state index in [2.05, 4.69) is 47.1 Å². The highest BCUT2D eigenvalue weighted by Gasteiger charge is 2.41. The maximum absolute atomic E-state index is 13.3. The molecule has 1 aromatic heterocycles. The second kappa shape index (κ2) is 17.4. The van der Waals surface area contributed by atoms with Crippen molar-refractivity contribution in [2.24, 2.45) is 5.41 Å². The highest BCUT2D eigenvalue weighted by Crippen LogP contribution is 2.43. The van der Waals surface area contributed by atoms with Crippen LogP contribution in [-0.2, 0) is 32.8 Å². The predicted molar refractivity (Wildman–Crippen MR) is 232 cm³/mol. The number of hydrogen-bond donors (Lipinski definition) is 5. The summed E-state index contributed by atoms with van der Waals surface area (Å²) in [5.41, 5.74) is 5.11. The molecule has 4 aliphatic heterocycles. The Kier molecular flexibility index (Phi) is 11.9. The molecule has 4 N–H and O–H groups in total. The summed E-state index contributed by atoms with van der Waals surface area (Å²) in [7, 11) is 3.34. The Morgan fingerprint density at radius 3 is 2.48 bits per heavy atom. The van der Waals surface area contributed by atoms with Crippen LogP contribution in [0, 0.1) is 5.41 Å². The van der Waals surface area contributed by atoms with E-state index in [0.29, 0.717) is 56.4 Å². The molecule has 60 heavy (non-hydrogen) atoms. The molecule has 314 valence electrons. The molecule has 4 aliphatic rings. The van der Waals surface area contributed by atoms with Crippen molar-refractivity contribution in [3.8, 4) is 5.75 Å². The number of anilines is 7. The first kappa shape index (κ1) is 41.0. The van der Waals surface area contributed by atoms with Crippen LogP contribution in [0.4, 0.5) is 40.2 Å². The van der Waals surface area contributed by atoms with E-state index in [4.69, 9.17) is 16.3 Å². The third-order valence-electron chi connectivity index (χ3n) is 12.1. The van der Waals surface area contributed by atoms with Gasteiger partial charge in [0.15, 0.2) is 5.82 Å². The minimum absolute atomic E-state index is 0.140. The molecule has 1 unspecified atom stereocenters. The average Bonchev–Trinajstić information content (AvgIpc) is 3.59. The van der Waals surface area contributed by atoms with E-state index in [0.717, 1.165) is 57.5 Å². The first-order chi connectivity index (χ1) is 29.0. The Morgan fingerprint density at radius 2 is 1.73 bits per heavy atom. The number of halogens is 1. The van der Waals surface area contributed by atoms with Gasteiger partial charge in [-0.3, -0.25) is 33.7 Å². The maximum Gasteiger partial charge on any atom is 0.255 e. The van der Waals surface area contributed by atoms with Crippen LogP contribution < -0.4 is 35.2 Å². The van der Waals surface area contributed by atoms with Crippen LogP contribution in [0.25, 0.3) is 0 Å². The van der Waals surface area contributed by atoms with Gasteiger partial charge in [-0.1, -0.05) is 29.8 Å². The number of amides is 4. The lowest BCUT2D eigenvalue weighted by Crippen LogP contribution is -2.52. The fraction of sp³-hybridized carbons (Fsp3) is 0.381. The molecule has 0 radical (unpaired) electrons. The Morgan fingerprint density at radius 1 is 0.983 bits per heavy atom. The van der Waals surface area contributed by atoms with Crippen molar-refractivity contribution in [3.05, 3.63) is 83.0 Å². The molecule has 3 saturated heterocycles. The molecule has 3 aromatic carbocycles. The summed E-state index contributed by atoms with van der Waals surface area (Å²) < 4.78 is 18.9. The summed E-state index contributed by atoms with van der Waals surface area (Å²) in [6.07, 6.45) is 6.09. The first-order valence-corrected chi connectivity index (χ1v) is 21.1. The number of rotatable bonds is 12. The van der Waals surface area contributed by atoms with E-state index in [9.17, 15) is 23.4 Å². The number of nitrogens with zero attached hydrogens (tertiary/aromatic N) is 6. The number of nitrogens with one attached hydrogen (secondary N) is 4. The normalized spacial score (nSPS) is 18.9. The van der Waals surface area contributed by atoms with E-state index in [1.54, 1.807) is 36.7 Å². The summed E-state index contributed by atoms with van der Waals surface area (Å²) in [5.74, 6) is 0.153. The van der Waals surface area contributed by atoms with Gasteiger partial charge in [0, 0.05) is 61.7 Å². The van der Waals surface area contributed by atoms with Crippen LogP contribution in [0.5, 0.6) is 5.75 Å². The number of piperidine rings is 3. The van der Waals surface area contributed by atoms with Gasteiger partial charge in [-0.05, 0) is 87.0 Å². The molecule has 0 aliphatic carbocycles. The summed E-state index contributed by atoms with van der Waals surface area (Å²) in [6.45, 7) is 3.91. The molecular weight excluding hydrogens is 808 g/mol. The Bertz CT molecular complexity index is 2330. The number of hydrogen-bond acceptors (Lipinski definition) is 12. The zero-order valence-electron chi connectivity index (χ0n) is 33.4. The van der Waals surface area contributed by atoms with Gasteiger partial charge >= 0.3 is 0 Å². The SMILES string of the molecule is COc1cc(N2CCC3(CCN(CC(=O)Nc4cccc5c4CN(C4CCC(=O)NC4=O)C5=O)CC3)CC2)ccc1Nc1ncc(Cl)c(Nc2ccccc2N(C)[SH]=O)n1. The molecule has 8 rings (SSSR count). The number of carbonyl (C=O) groups is 4. The zero-order chi connectivity index (χ0) is 42.0. The molecule has 4 aromatic rings. The van der Waals surface area contributed by atoms with Gasteiger partial charge < -0.3 is 30.5 Å². The highest BCUT2D eigenvalue weighted by atomic mass is 35.5. The third kappa shape index (κ3) is 8.60. The van der Waals surface area contributed by atoms with Gasteiger partial charge in [-0.15, -0.1) is 0 Å². The number of fused-ring (bicyclic) bond motifs is 1. The van der Waals surface area contributed by atoms with Gasteiger partial charge in [-0.25, -0.2) is 9.19 Å². The molecule has 0 saturated carbocycles. The topological polar surface area (TPSA) is 181 Å². The van der Waals surface area contributed by atoms with Crippen molar-refractivity contribution in [3.63, 3.8) is 0 Å². The van der Waals surface area contributed by atoms with Crippen LogP contribution in [0.1, 0.15) is 54.4 Å². The second-order valence-electron chi connectivity index (χ2n) is 15.7. The molecule has 18 heteroatoms. The third-order valence-corrected chi connectivity index (χ3v) is 12.9. The van der Waals surface area contributed by atoms with E-state index in [1.165, 1.54) is 11.1 Å². The minimum atomic E-state index is -0.713. The lowest BCUT2D eigenvalue weighted by Gasteiger charge is -2.47. The lowest BCUT2D eigenvalue weighted by molar-refractivity contribution is -0.137.